The number of hydrogen-bond donors (Lipinski definition) is 0. The van der Waals surface area contributed by atoms with Gasteiger partial charge >= 0.3 is 0 Å². The molecular weight excluding hydrogens is 281 g/mol. The molecule has 1 aliphatic rings. The highest BCUT2D eigenvalue weighted by molar-refractivity contribution is 7.91. The van der Waals surface area contributed by atoms with E-state index in [1.165, 1.54) is 11.0 Å². The molecule has 1 saturated heterocycles. The molecule has 2 rings (SSSR count). The summed E-state index contributed by atoms with van der Waals surface area (Å²) in [7, 11) is -1.38. The van der Waals surface area contributed by atoms with Crippen LogP contribution >= 0.6 is 0 Å². The van der Waals surface area contributed by atoms with Gasteiger partial charge in [0.05, 0.1) is 11.5 Å². The molecular formula is C14H18FNO3S. The monoisotopic (exact) mass is 299 g/mol. The highest BCUT2D eigenvalue weighted by Gasteiger charge is 2.32. The van der Waals surface area contributed by atoms with Crippen LogP contribution in [0.3, 0.4) is 0 Å². The third-order valence-electron chi connectivity index (χ3n) is 3.72. The molecule has 1 heterocycles. The molecule has 110 valence electrons. The first-order valence-corrected chi connectivity index (χ1v) is 8.41. The van der Waals surface area contributed by atoms with E-state index in [2.05, 4.69) is 0 Å². The Morgan fingerprint density at radius 2 is 2.10 bits per heavy atom. The van der Waals surface area contributed by atoms with Gasteiger partial charge in [-0.2, -0.15) is 0 Å². The zero-order valence-electron chi connectivity index (χ0n) is 11.4. The van der Waals surface area contributed by atoms with Gasteiger partial charge in [0.25, 0.3) is 0 Å². The van der Waals surface area contributed by atoms with Crippen molar-refractivity contribution < 1.29 is 17.6 Å². The van der Waals surface area contributed by atoms with E-state index < -0.39 is 9.84 Å². The third-order valence-corrected chi connectivity index (χ3v) is 5.47. The van der Waals surface area contributed by atoms with Crippen LogP contribution < -0.4 is 0 Å². The van der Waals surface area contributed by atoms with Crippen LogP contribution in [0.2, 0.25) is 0 Å². The van der Waals surface area contributed by atoms with Gasteiger partial charge in [-0.3, -0.25) is 4.79 Å². The largest absolute Gasteiger partial charge is 0.342 e. The lowest BCUT2D eigenvalue weighted by Gasteiger charge is -2.23. The number of carbonyl (C=O) groups is 1. The van der Waals surface area contributed by atoms with Crippen LogP contribution in [-0.2, 0) is 21.1 Å². The van der Waals surface area contributed by atoms with Crippen molar-refractivity contribution >= 4 is 15.7 Å². The molecule has 20 heavy (non-hydrogen) atoms. The second-order valence-corrected chi connectivity index (χ2v) is 7.38. The lowest BCUT2D eigenvalue weighted by molar-refractivity contribution is -0.131. The third kappa shape index (κ3) is 3.56. The van der Waals surface area contributed by atoms with Gasteiger partial charge in [0.2, 0.25) is 5.91 Å². The zero-order chi connectivity index (χ0) is 14.8. The van der Waals surface area contributed by atoms with Crippen LogP contribution in [0.1, 0.15) is 18.4 Å². The van der Waals surface area contributed by atoms with Crippen LogP contribution in [0.4, 0.5) is 4.39 Å². The molecule has 0 spiro atoms. The van der Waals surface area contributed by atoms with Gasteiger partial charge in [-0.1, -0.05) is 18.2 Å². The first-order valence-electron chi connectivity index (χ1n) is 6.58. The van der Waals surface area contributed by atoms with E-state index in [1.807, 2.05) is 0 Å². The van der Waals surface area contributed by atoms with E-state index in [-0.39, 0.29) is 35.7 Å². The molecule has 0 aromatic heterocycles. The zero-order valence-corrected chi connectivity index (χ0v) is 12.2. The van der Waals surface area contributed by atoms with E-state index in [1.54, 1.807) is 25.2 Å². The number of nitrogens with zero attached hydrogens (tertiary/aromatic N) is 1. The maximum absolute atomic E-state index is 13.4. The van der Waals surface area contributed by atoms with Gasteiger partial charge in [0, 0.05) is 19.5 Å². The summed E-state index contributed by atoms with van der Waals surface area (Å²) in [5.41, 5.74) is 0.508. The van der Waals surface area contributed by atoms with Gasteiger partial charge in [-0.05, 0) is 24.5 Å². The van der Waals surface area contributed by atoms with Crippen molar-refractivity contribution in [2.75, 3.05) is 18.6 Å². The standard InChI is InChI=1S/C14H18FNO3S/c1-16(12-8-9-20(18,19)10-12)14(17)7-6-11-4-2-3-5-13(11)15/h2-5,12H,6-10H2,1H3. The SMILES string of the molecule is CN(C(=O)CCc1ccccc1F)C1CCS(=O)(=O)C1. The number of carbonyl (C=O) groups excluding carboxylic acids is 1. The first kappa shape index (κ1) is 15.0. The average molecular weight is 299 g/mol. The fraction of sp³-hybridized carbons (Fsp3) is 0.500. The minimum absolute atomic E-state index is 0.0366. The van der Waals surface area contributed by atoms with Gasteiger partial charge in [0.1, 0.15) is 5.82 Å². The van der Waals surface area contributed by atoms with Crippen molar-refractivity contribution in [2.45, 2.75) is 25.3 Å². The minimum Gasteiger partial charge on any atom is -0.342 e. The van der Waals surface area contributed by atoms with Crippen molar-refractivity contribution in [3.8, 4) is 0 Å². The predicted octanol–water partition coefficient (Wildman–Crippen LogP) is 1.40. The summed E-state index contributed by atoms with van der Waals surface area (Å²) in [4.78, 5) is 13.5. The lowest BCUT2D eigenvalue weighted by Crippen LogP contribution is -2.37. The van der Waals surface area contributed by atoms with Crippen molar-refractivity contribution in [2.24, 2.45) is 0 Å². The van der Waals surface area contributed by atoms with Gasteiger partial charge in [-0.15, -0.1) is 0 Å². The smallest absolute Gasteiger partial charge is 0.222 e. The molecule has 6 heteroatoms. The molecule has 1 aromatic rings. The van der Waals surface area contributed by atoms with E-state index in [0.717, 1.165) is 0 Å². The number of benzene rings is 1. The van der Waals surface area contributed by atoms with E-state index in [4.69, 9.17) is 0 Å². The Morgan fingerprint density at radius 3 is 2.70 bits per heavy atom. The van der Waals surface area contributed by atoms with Crippen LogP contribution in [0.25, 0.3) is 0 Å². The molecule has 1 aromatic carbocycles. The molecule has 0 aliphatic carbocycles. The van der Waals surface area contributed by atoms with Crippen LogP contribution in [0.15, 0.2) is 24.3 Å². The quantitative estimate of drug-likeness (QED) is 0.844. The maximum Gasteiger partial charge on any atom is 0.222 e. The Hall–Kier alpha value is -1.43. The summed E-state index contributed by atoms with van der Waals surface area (Å²) in [5.74, 6) is -0.279. The highest BCUT2D eigenvalue weighted by atomic mass is 32.2. The fourth-order valence-electron chi connectivity index (χ4n) is 2.40. The Kier molecular flexibility index (Phi) is 4.42. The van der Waals surface area contributed by atoms with E-state index in [9.17, 15) is 17.6 Å². The molecule has 0 N–H and O–H groups in total. The molecule has 4 nitrogen and oxygen atoms in total. The number of halogens is 1. The summed E-state index contributed by atoms with van der Waals surface area (Å²) in [6.45, 7) is 0. The molecule has 1 atom stereocenters. The number of hydrogen-bond acceptors (Lipinski definition) is 3. The van der Waals surface area contributed by atoms with Crippen molar-refractivity contribution in [1.29, 1.82) is 0 Å². The average Bonchev–Trinajstić information content (AvgIpc) is 2.77. The van der Waals surface area contributed by atoms with Crippen LogP contribution in [0.5, 0.6) is 0 Å². The predicted molar refractivity (Wildman–Crippen MR) is 74.5 cm³/mol. The van der Waals surface area contributed by atoms with Crippen molar-refractivity contribution in [3.05, 3.63) is 35.6 Å². The van der Waals surface area contributed by atoms with E-state index in [0.29, 0.717) is 18.4 Å². The summed E-state index contributed by atoms with van der Waals surface area (Å²) in [6.07, 6.45) is 1.01. The second kappa shape index (κ2) is 5.91. The Morgan fingerprint density at radius 1 is 1.40 bits per heavy atom. The van der Waals surface area contributed by atoms with Crippen LogP contribution in [0, 0.1) is 5.82 Å². The summed E-state index contributed by atoms with van der Waals surface area (Å²) in [5, 5.41) is 0. The topological polar surface area (TPSA) is 54.5 Å². The molecule has 0 saturated carbocycles. The number of sulfone groups is 1. The normalized spacial score (nSPS) is 20.8. The van der Waals surface area contributed by atoms with Gasteiger partial charge < -0.3 is 4.90 Å². The second-order valence-electron chi connectivity index (χ2n) is 5.15. The molecule has 0 radical (unpaired) electrons. The molecule has 0 bridgehead atoms. The number of amides is 1. The Bertz CT molecular complexity index is 600. The molecule has 1 fully saturated rings. The van der Waals surface area contributed by atoms with Crippen molar-refractivity contribution in [3.63, 3.8) is 0 Å². The summed E-state index contributed by atoms with van der Waals surface area (Å²) in [6, 6.07) is 6.12. The summed E-state index contributed by atoms with van der Waals surface area (Å²) >= 11 is 0. The Balaban J connectivity index is 1.91. The number of aryl methyl sites for hydroxylation is 1. The highest BCUT2D eigenvalue weighted by Crippen LogP contribution is 2.18. The lowest BCUT2D eigenvalue weighted by atomic mass is 10.1. The molecule has 1 amide bonds. The maximum atomic E-state index is 13.4. The summed E-state index contributed by atoms with van der Waals surface area (Å²) < 4.78 is 36.2. The molecule has 1 unspecified atom stereocenters. The Labute approximate surface area is 118 Å². The van der Waals surface area contributed by atoms with E-state index >= 15 is 0 Å². The van der Waals surface area contributed by atoms with Gasteiger partial charge in [0.15, 0.2) is 9.84 Å². The van der Waals surface area contributed by atoms with Gasteiger partial charge in [-0.25, -0.2) is 12.8 Å². The fourth-order valence-corrected chi connectivity index (χ4v) is 4.18. The van der Waals surface area contributed by atoms with Crippen molar-refractivity contribution in [1.82, 2.24) is 4.90 Å². The van der Waals surface area contributed by atoms with Crippen LogP contribution in [-0.4, -0.2) is 43.8 Å². The minimum atomic E-state index is -3.00. The number of rotatable bonds is 4. The first-order chi connectivity index (χ1) is 9.39. The molecule has 1 aliphatic heterocycles.